The van der Waals surface area contributed by atoms with Crippen molar-refractivity contribution in [3.05, 3.63) is 35.9 Å². The van der Waals surface area contributed by atoms with Gasteiger partial charge in [0, 0.05) is 6.54 Å². The Kier molecular flexibility index (Phi) is 2.22. The number of Topliss-reactive ketones (excluding diaryl/α,β-unsaturated/α-hetero) is 1. The first-order valence-corrected chi connectivity index (χ1v) is 5.37. The lowest BCUT2D eigenvalue weighted by Gasteiger charge is -2.10. The number of epoxide rings is 1. The fraction of sp³-hybridized carbons (Fsp3) is 0.333. The summed E-state index contributed by atoms with van der Waals surface area (Å²) in [6.07, 6.45) is -0.245. The van der Waals surface area contributed by atoms with Crippen molar-refractivity contribution >= 4 is 11.5 Å². The Morgan fingerprint density at radius 2 is 2.12 bits per heavy atom. The first-order chi connectivity index (χ1) is 7.86. The summed E-state index contributed by atoms with van der Waals surface area (Å²) in [6, 6.07) is 9.96. The lowest BCUT2D eigenvalue weighted by atomic mass is 9.92. The second-order valence-electron chi connectivity index (χ2n) is 4.01. The van der Waals surface area contributed by atoms with Crippen molar-refractivity contribution < 1.29 is 9.53 Å². The molecular formula is C12H12N2O2. The van der Waals surface area contributed by atoms with Crippen molar-refractivity contribution in [2.75, 3.05) is 13.2 Å². The molecule has 16 heavy (non-hydrogen) atoms. The topological polar surface area (TPSA) is 54.0 Å². The Hall–Kier alpha value is -1.68. The zero-order chi connectivity index (χ0) is 11.0. The van der Waals surface area contributed by atoms with Crippen molar-refractivity contribution in [3.63, 3.8) is 0 Å². The Balaban J connectivity index is 1.86. The van der Waals surface area contributed by atoms with Gasteiger partial charge in [0.25, 0.3) is 0 Å². The SMILES string of the molecule is O=C(C1=NNC[C@@H]1c1ccccc1)[C@@H]1CO1. The normalized spacial score (nSPS) is 27.1. The predicted molar refractivity (Wildman–Crippen MR) is 59.4 cm³/mol. The third-order valence-corrected chi connectivity index (χ3v) is 2.91. The molecule has 0 saturated carbocycles. The standard InChI is InChI=1S/C12H12N2O2/c15-12(10-7-16-10)11-9(6-13-14-11)8-4-2-1-3-5-8/h1-5,9-10,13H,6-7H2/t9-,10+/m1/s1. The van der Waals surface area contributed by atoms with Crippen LogP contribution in [0.5, 0.6) is 0 Å². The number of hydrazone groups is 1. The number of rotatable bonds is 3. The number of ketones is 1. The van der Waals surface area contributed by atoms with E-state index in [1.807, 2.05) is 30.3 Å². The average molecular weight is 216 g/mol. The number of hydrogen-bond acceptors (Lipinski definition) is 4. The number of carbonyl (C=O) groups is 1. The van der Waals surface area contributed by atoms with Crippen LogP contribution in [0.1, 0.15) is 11.5 Å². The second kappa shape index (κ2) is 3.72. The molecule has 0 amide bonds. The molecule has 1 N–H and O–H groups in total. The van der Waals surface area contributed by atoms with Gasteiger partial charge in [-0.2, -0.15) is 5.10 Å². The first kappa shape index (κ1) is 9.54. The molecule has 82 valence electrons. The van der Waals surface area contributed by atoms with Crippen molar-refractivity contribution in [3.8, 4) is 0 Å². The monoisotopic (exact) mass is 216 g/mol. The summed E-state index contributed by atoms with van der Waals surface area (Å²) in [7, 11) is 0. The molecule has 2 aliphatic heterocycles. The first-order valence-electron chi connectivity index (χ1n) is 5.37. The fourth-order valence-corrected chi connectivity index (χ4v) is 1.95. The third-order valence-electron chi connectivity index (χ3n) is 2.91. The van der Waals surface area contributed by atoms with E-state index in [4.69, 9.17) is 4.74 Å². The molecule has 3 rings (SSSR count). The summed E-state index contributed by atoms with van der Waals surface area (Å²) in [5.74, 6) is 0.0942. The smallest absolute Gasteiger partial charge is 0.210 e. The molecule has 1 fully saturated rings. The Bertz CT molecular complexity index is 438. The van der Waals surface area contributed by atoms with E-state index < -0.39 is 0 Å². The van der Waals surface area contributed by atoms with Crippen LogP contribution in [-0.2, 0) is 9.53 Å². The highest BCUT2D eigenvalue weighted by Crippen LogP contribution is 2.24. The minimum absolute atomic E-state index is 0.0267. The minimum Gasteiger partial charge on any atom is -0.364 e. The van der Waals surface area contributed by atoms with E-state index in [1.54, 1.807) is 0 Å². The molecular weight excluding hydrogens is 204 g/mol. The van der Waals surface area contributed by atoms with Crippen molar-refractivity contribution in [2.45, 2.75) is 12.0 Å². The summed E-state index contributed by atoms with van der Waals surface area (Å²) in [4.78, 5) is 11.9. The quantitative estimate of drug-likeness (QED) is 0.756. The van der Waals surface area contributed by atoms with Crippen LogP contribution in [0.4, 0.5) is 0 Å². The molecule has 1 saturated heterocycles. The molecule has 0 aliphatic carbocycles. The van der Waals surface area contributed by atoms with Gasteiger partial charge in [-0.25, -0.2) is 0 Å². The molecule has 2 atom stereocenters. The molecule has 2 aliphatic rings. The van der Waals surface area contributed by atoms with Crippen LogP contribution < -0.4 is 5.43 Å². The zero-order valence-corrected chi connectivity index (χ0v) is 8.72. The van der Waals surface area contributed by atoms with Gasteiger partial charge in [0.2, 0.25) is 5.78 Å². The van der Waals surface area contributed by atoms with Gasteiger partial charge in [0.15, 0.2) is 0 Å². The number of carbonyl (C=O) groups excluding carboxylic acids is 1. The molecule has 0 unspecified atom stereocenters. The van der Waals surface area contributed by atoms with Crippen LogP contribution in [-0.4, -0.2) is 30.8 Å². The van der Waals surface area contributed by atoms with Crippen molar-refractivity contribution in [2.24, 2.45) is 5.10 Å². The van der Waals surface area contributed by atoms with E-state index in [0.29, 0.717) is 18.9 Å². The highest BCUT2D eigenvalue weighted by molar-refractivity contribution is 6.44. The maximum absolute atomic E-state index is 11.9. The summed E-state index contributed by atoms with van der Waals surface area (Å²) < 4.78 is 5.01. The van der Waals surface area contributed by atoms with Crippen molar-refractivity contribution in [1.29, 1.82) is 0 Å². The van der Waals surface area contributed by atoms with Gasteiger partial charge in [-0.3, -0.25) is 4.79 Å². The molecule has 0 aromatic heterocycles. The lowest BCUT2D eigenvalue weighted by molar-refractivity contribution is -0.114. The van der Waals surface area contributed by atoms with Gasteiger partial charge in [0.05, 0.1) is 12.5 Å². The Labute approximate surface area is 93.3 Å². The molecule has 1 aromatic rings. The van der Waals surface area contributed by atoms with E-state index in [2.05, 4.69) is 10.5 Å². The number of benzene rings is 1. The maximum Gasteiger partial charge on any atom is 0.210 e. The fourth-order valence-electron chi connectivity index (χ4n) is 1.95. The van der Waals surface area contributed by atoms with Gasteiger partial charge in [-0.15, -0.1) is 0 Å². The third kappa shape index (κ3) is 1.61. The van der Waals surface area contributed by atoms with Gasteiger partial charge in [-0.05, 0) is 5.56 Å². The molecule has 0 radical (unpaired) electrons. The van der Waals surface area contributed by atoms with E-state index in [-0.39, 0.29) is 17.8 Å². The van der Waals surface area contributed by atoms with E-state index >= 15 is 0 Å². The minimum atomic E-state index is -0.245. The van der Waals surface area contributed by atoms with Gasteiger partial charge in [0.1, 0.15) is 11.8 Å². The maximum atomic E-state index is 11.9. The molecule has 0 spiro atoms. The lowest BCUT2D eigenvalue weighted by Crippen LogP contribution is -2.25. The van der Waals surface area contributed by atoms with E-state index in [1.165, 1.54) is 0 Å². The highest BCUT2D eigenvalue weighted by Gasteiger charge is 2.39. The van der Waals surface area contributed by atoms with Crippen LogP contribution in [0.2, 0.25) is 0 Å². The van der Waals surface area contributed by atoms with Crippen molar-refractivity contribution in [1.82, 2.24) is 5.43 Å². The summed E-state index contributed by atoms with van der Waals surface area (Å²) in [6.45, 7) is 1.23. The van der Waals surface area contributed by atoms with Gasteiger partial charge < -0.3 is 10.2 Å². The number of nitrogens with zero attached hydrogens (tertiary/aromatic N) is 1. The van der Waals surface area contributed by atoms with Crippen LogP contribution in [0.25, 0.3) is 0 Å². The summed E-state index contributed by atoms with van der Waals surface area (Å²) in [5, 5.41) is 4.09. The number of hydrogen-bond donors (Lipinski definition) is 1. The number of ether oxygens (including phenoxy) is 1. The van der Waals surface area contributed by atoms with E-state index in [0.717, 1.165) is 5.56 Å². The zero-order valence-electron chi connectivity index (χ0n) is 8.72. The Morgan fingerprint density at radius 1 is 1.38 bits per heavy atom. The molecule has 0 bridgehead atoms. The van der Waals surface area contributed by atoms with Crippen LogP contribution in [0.15, 0.2) is 35.4 Å². The van der Waals surface area contributed by atoms with Crippen LogP contribution in [0.3, 0.4) is 0 Å². The van der Waals surface area contributed by atoms with Gasteiger partial charge in [-0.1, -0.05) is 30.3 Å². The predicted octanol–water partition coefficient (Wildman–Crippen LogP) is 0.697. The number of nitrogens with one attached hydrogen (secondary N) is 1. The second-order valence-corrected chi connectivity index (χ2v) is 4.01. The molecule has 4 nitrogen and oxygen atoms in total. The molecule has 2 heterocycles. The Morgan fingerprint density at radius 3 is 2.81 bits per heavy atom. The highest BCUT2D eigenvalue weighted by atomic mass is 16.6. The van der Waals surface area contributed by atoms with Crippen LogP contribution >= 0.6 is 0 Å². The summed E-state index contributed by atoms with van der Waals surface area (Å²) in [5.41, 5.74) is 4.63. The summed E-state index contributed by atoms with van der Waals surface area (Å²) >= 11 is 0. The molecule has 4 heteroatoms. The van der Waals surface area contributed by atoms with Crippen LogP contribution in [0, 0.1) is 0 Å². The van der Waals surface area contributed by atoms with E-state index in [9.17, 15) is 4.79 Å². The van der Waals surface area contributed by atoms with Gasteiger partial charge >= 0.3 is 0 Å². The average Bonchev–Trinajstić information content (AvgIpc) is 3.06. The molecule has 1 aromatic carbocycles. The largest absolute Gasteiger partial charge is 0.364 e.